The SMILES string of the molecule is C[C@@H](NC(=O)C(=O)Nc1ccccc1C(=O)NCc1ccco1)c1ccccc1. The molecule has 1 aromatic heterocycles. The zero-order valence-corrected chi connectivity index (χ0v) is 15.8. The van der Waals surface area contributed by atoms with Gasteiger partial charge < -0.3 is 20.4 Å². The van der Waals surface area contributed by atoms with Crippen LogP contribution in [-0.2, 0) is 16.1 Å². The van der Waals surface area contributed by atoms with Gasteiger partial charge in [0.15, 0.2) is 0 Å². The van der Waals surface area contributed by atoms with E-state index in [1.54, 1.807) is 43.3 Å². The van der Waals surface area contributed by atoms with Crippen molar-refractivity contribution in [3.8, 4) is 0 Å². The summed E-state index contributed by atoms with van der Waals surface area (Å²) in [4.78, 5) is 37.1. The van der Waals surface area contributed by atoms with Crippen LogP contribution in [0.15, 0.2) is 77.4 Å². The molecule has 0 aliphatic carbocycles. The summed E-state index contributed by atoms with van der Waals surface area (Å²) in [6, 6.07) is 18.9. The quantitative estimate of drug-likeness (QED) is 0.562. The minimum absolute atomic E-state index is 0.211. The van der Waals surface area contributed by atoms with Gasteiger partial charge in [0.25, 0.3) is 5.91 Å². The van der Waals surface area contributed by atoms with Gasteiger partial charge in [-0.3, -0.25) is 14.4 Å². The second-order valence-corrected chi connectivity index (χ2v) is 6.37. The monoisotopic (exact) mass is 391 g/mol. The predicted molar refractivity (Wildman–Crippen MR) is 108 cm³/mol. The molecular formula is C22H21N3O4. The van der Waals surface area contributed by atoms with Crippen molar-refractivity contribution in [3.05, 3.63) is 89.9 Å². The van der Waals surface area contributed by atoms with Crippen LogP contribution in [0.25, 0.3) is 0 Å². The summed E-state index contributed by atoms with van der Waals surface area (Å²) in [5, 5.41) is 7.86. The van der Waals surface area contributed by atoms with Crippen molar-refractivity contribution in [3.63, 3.8) is 0 Å². The maximum atomic E-state index is 12.5. The minimum Gasteiger partial charge on any atom is -0.467 e. The number of hydrogen-bond acceptors (Lipinski definition) is 4. The van der Waals surface area contributed by atoms with Gasteiger partial charge in [-0.25, -0.2) is 0 Å². The Kier molecular flexibility index (Phi) is 6.42. The van der Waals surface area contributed by atoms with Crippen LogP contribution in [0.1, 0.15) is 34.6 Å². The first-order valence-electron chi connectivity index (χ1n) is 9.11. The number of nitrogens with one attached hydrogen (secondary N) is 3. The molecule has 0 unspecified atom stereocenters. The lowest BCUT2D eigenvalue weighted by Gasteiger charge is -2.15. The van der Waals surface area contributed by atoms with Crippen molar-refractivity contribution < 1.29 is 18.8 Å². The van der Waals surface area contributed by atoms with Crippen molar-refractivity contribution in [1.82, 2.24) is 10.6 Å². The van der Waals surface area contributed by atoms with Crippen LogP contribution in [0.4, 0.5) is 5.69 Å². The van der Waals surface area contributed by atoms with Gasteiger partial charge in [0.1, 0.15) is 5.76 Å². The predicted octanol–water partition coefficient (Wildman–Crippen LogP) is 3.03. The minimum atomic E-state index is -0.848. The Bertz CT molecular complexity index is 984. The van der Waals surface area contributed by atoms with E-state index in [1.807, 2.05) is 30.3 Å². The Morgan fingerprint density at radius 1 is 0.897 bits per heavy atom. The Balaban J connectivity index is 1.62. The summed E-state index contributed by atoms with van der Waals surface area (Å²) >= 11 is 0. The second-order valence-electron chi connectivity index (χ2n) is 6.37. The highest BCUT2D eigenvalue weighted by molar-refractivity contribution is 6.40. The third kappa shape index (κ3) is 5.32. The standard InChI is InChI=1S/C22H21N3O4/c1-15(16-8-3-2-4-9-16)24-21(27)22(28)25-19-12-6-5-11-18(19)20(26)23-14-17-10-7-13-29-17/h2-13,15H,14H2,1H3,(H,23,26)(H,24,27)(H,25,28)/t15-/m1/s1. The number of amides is 3. The molecule has 7 heteroatoms. The lowest BCUT2D eigenvalue weighted by Crippen LogP contribution is -2.37. The first-order valence-corrected chi connectivity index (χ1v) is 9.11. The zero-order valence-electron chi connectivity index (χ0n) is 15.8. The largest absolute Gasteiger partial charge is 0.467 e. The summed E-state index contributed by atoms with van der Waals surface area (Å²) in [6.45, 7) is 2.00. The van der Waals surface area contributed by atoms with Gasteiger partial charge in [-0.15, -0.1) is 0 Å². The van der Waals surface area contributed by atoms with E-state index >= 15 is 0 Å². The van der Waals surface area contributed by atoms with Gasteiger partial charge in [0, 0.05) is 0 Å². The van der Waals surface area contributed by atoms with Crippen molar-refractivity contribution in [2.75, 3.05) is 5.32 Å². The molecule has 3 rings (SSSR count). The van der Waals surface area contributed by atoms with Crippen molar-refractivity contribution in [2.24, 2.45) is 0 Å². The third-order valence-corrected chi connectivity index (χ3v) is 4.28. The highest BCUT2D eigenvalue weighted by atomic mass is 16.3. The maximum absolute atomic E-state index is 12.5. The summed E-state index contributed by atoms with van der Waals surface area (Å²) in [5.41, 5.74) is 1.37. The molecule has 0 saturated carbocycles. The molecular weight excluding hydrogens is 370 g/mol. The fourth-order valence-electron chi connectivity index (χ4n) is 2.73. The Hall–Kier alpha value is -3.87. The second kappa shape index (κ2) is 9.36. The topological polar surface area (TPSA) is 100 Å². The average Bonchev–Trinajstić information content (AvgIpc) is 3.26. The average molecular weight is 391 g/mol. The van der Waals surface area contributed by atoms with Crippen LogP contribution in [-0.4, -0.2) is 17.7 Å². The van der Waals surface area contributed by atoms with Gasteiger partial charge in [-0.1, -0.05) is 42.5 Å². The Labute approximate surface area is 168 Å². The summed E-state index contributed by atoms with van der Waals surface area (Å²) in [7, 11) is 0. The molecule has 0 radical (unpaired) electrons. The molecule has 0 fully saturated rings. The molecule has 0 bridgehead atoms. The molecule has 148 valence electrons. The Morgan fingerprint density at radius 3 is 2.34 bits per heavy atom. The third-order valence-electron chi connectivity index (χ3n) is 4.28. The summed E-state index contributed by atoms with van der Waals surface area (Å²) in [6.07, 6.45) is 1.52. The number of benzene rings is 2. The lowest BCUT2D eigenvalue weighted by molar-refractivity contribution is -0.136. The van der Waals surface area contributed by atoms with Crippen LogP contribution >= 0.6 is 0 Å². The lowest BCUT2D eigenvalue weighted by atomic mass is 10.1. The van der Waals surface area contributed by atoms with Crippen LogP contribution in [0, 0.1) is 0 Å². The number of para-hydroxylation sites is 1. The fraction of sp³-hybridized carbons (Fsp3) is 0.136. The molecule has 0 aliphatic rings. The zero-order chi connectivity index (χ0) is 20.6. The molecule has 0 spiro atoms. The Morgan fingerprint density at radius 2 is 1.62 bits per heavy atom. The first kappa shape index (κ1) is 19.9. The van der Waals surface area contributed by atoms with E-state index in [2.05, 4.69) is 16.0 Å². The number of carbonyl (C=O) groups is 3. The molecule has 7 nitrogen and oxygen atoms in total. The summed E-state index contributed by atoms with van der Waals surface area (Å²) in [5.74, 6) is -1.42. The number of hydrogen-bond donors (Lipinski definition) is 3. The highest BCUT2D eigenvalue weighted by Gasteiger charge is 2.20. The molecule has 3 aromatic rings. The van der Waals surface area contributed by atoms with Crippen molar-refractivity contribution in [1.29, 1.82) is 0 Å². The van der Waals surface area contributed by atoms with Gasteiger partial charge in [-0.2, -0.15) is 0 Å². The number of rotatable bonds is 6. The van der Waals surface area contributed by atoms with E-state index in [-0.39, 0.29) is 23.8 Å². The van der Waals surface area contributed by atoms with E-state index in [4.69, 9.17) is 4.42 Å². The molecule has 29 heavy (non-hydrogen) atoms. The number of carbonyl (C=O) groups excluding carboxylic acids is 3. The van der Waals surface area contributed by atoms with Gasteiger partial charge in [0.05, 0.1) is 30.1 Å². The molecule has 3 amide bonds. The molecule has 0 aliphatic heterocycles. The fourth-order valence-corrected chi connectivity index (χ4v) is 2.73. The normalized spacial score (nSPS) is 11.3. The van der Waals surface area contributed by atoms with Gasteiger partial charge in [0.2, 0.25) is 0 Å². The van der Waals surface area contributed by atoms with E-state index in [0.29, 0.717) is 5.76 Å². The van der Waals surface area contributed by atoms with Crippen LogP contribution in [0.2, 0.25) is 0 Å². The number of anilines is 1. The molecule has 2 aromatic carbocycles. The molecule has 3 N–H and O–H groups in total. The molecule has 1 atom stereocenters. The van der Waals surface area contributed by atoms with Crippen LogP contribution in [0.5, 0.6) is 0 Å². The van der Waals surface area contributed by atoms with Crippen LogP contribution < -0.4 is 16.0 Å². The van der Waals surface area contributed by atoms with Gasteiger partial charge >= 0.3 is 11.8 Å². The van der Waals surface area contributed by atoms with Crippen molar-refractivity contribution >= 4 is 23.4 Å². The van der Waals surface area contributed by atoms with Crippen molar-refractivity contribution in [2.45, 2.75) is 19.5 Å². The first-order chi connectivity index (χ1) is 14.0. The highest BCUT2D eigenvalue weighted by Crippen LogP contribution is 2.16. The smallest absolute Gasteiger partial charge is 0.313 e. The van der Waals surface area contributed by atoms with E-state index in [0.717, 1.165) is 5.56 Å². The molecule has 0 saturated heterocycles. The van der Waals surface area contributed by atoms with E-state index < -0.39 is 17.7 Å². The summed E-state index contributed by atoms with van der Waals surface area (Å²) < 4.78 is 5.18. The van der Waals surface area contributed by atoms with Gasteiger partial charge in [-0.05, 0) is 36.8 Å². The van der Waals surface area contributed by atoms with Crippen LogP contribution in [0.3, 0.4) is 0 Å². The number of furan rings is 1. The molecule has 1 heterocycles. The van der Waals surface area contributed by atoms with E-state index in [1.165, 1.54) is 6.26 Å². The van der Waals surface area contributed by atoms with E-state index in [9.17, 15) is 14.4 Å². The maximum Gasteiger partial charge on any atom is 0.313 e.